The quantitative estimate of drug-likeness (QED) is 0.468. The van der Waals surface area contributed by atoms with Crippen molar-refractivity contribution in [3.05, 3.63) is 12.7 Å². The molecule has 0 amide bonds. The molecule has 10 heavy (non-hydrogen) atoms. The largest absolute Gasteiger partial charge is 0.309 e. The first-order chi connectivity index (χ1) is 4.84. The Morgan fingerprint density at radius 1 is 1.50 bits per heavy atom. The van der Waals surface area contributed by atoms with Gasteiger partial charge in [0.1, 0.15) is 12.7 Å². The minimum absolute atomic E-state index is 0.312. The summed E-state index contributed by atoms with van der Waals surface area (Å²) in [7, 11) is 0. The Labute approximate surface area is 57.9 Å². The predicted molar refractivity (Wildman–Crippen MR) is 34.1 cm³/mol. The monoisotopic (exact) mass is 135 g/mol. The maximum absolute atomic E-state index is 10.8. The van der Waals surface area contributed by atoms with Gasteiger partial charge in [0.25, 0.3) is 0 Å². The van der Waals surface area contributed by atoms with Crippen LogP contribution in [-0.4, -0.2) is 20.7 Å². The molecular formula is C6H5N3O. The molecule has 0 aromatic carbocycles. The fourth-order valence-electron chi connectivity index (χ4n) is 0.477. The van der Waals surface area contributed by atoms with Crippen LogP contribution in [0.2, 0.25) is 0 Å². The number of rotatable bonds is 0. The van der Waals surface area contributed by atoms with Crippen molar-refractivity contribution in [3.8, 4) is 11.8 Å². The van der Waals surface area contributed by atoms with Crippen LogP contribution in [0.5, 0.6) is 0 Å². The van der Waals surface area contributed by atoms with E-state index in [2.05, 4.69) is 22.0 Å². The Balaban J connectivity index is 2.85. The van der Waals surface area contributed by atoms with E-state index >= 15 is 0 Å². The molecule has 1 aromatic rings. The average Bonchev–Trinajstić information content (AvgIpc) is 2.38. The molecule has 0 radical (unpaired) electrons. The number of hydrogen-bond donors (Lipinski definition) is 0. The molecule has 0 aliphatic rings. The molecule has 1 rings (SSSR count). The summed E-state index contributed by atoms with van der Waals surface area (Å²) in [4.78, 5) is 10.8. The van der Waals surface area contributed by atoms with Gasteiger partial charge in [-0.05, 0) is 12.8 Å². The third-order valence-corrected chi connectivity index (χ3v) is 0.885. The van der Waals surface area contributed by atoms with Crippen LogP contribution >= 0.6 is 0 Å². The maximum atomic E-state index is 10.8. The van der Waals surface area contributed by atoms with E-state index in [4.69, 9.17) is 0 Å². The molecule has 0 aliphatic heterocycles. The number of carbonyl (C=O) groups excluding carboxylic acids is 1. The standard InChI is InChI=1S/C6H5N3O/c1-2-3-6(10)9-4-7-8-5-9/h4-5H,1H3. The number of nitrogens with zero attached hydrogens (tertiary/aromatic N) is 3. The molecule has 4 heteroatoms. The van der Waals surface area contributed by atoms with Crippen LogP contribution in [0.15, 0.2) is 12.7 Å². The lowest BCUT2D eigenvalue weighted by Crippen LogP contribution is -2.04. The highest BCUT2D eigenvalue weighted by Crippen LogP contribution is 1.79. The molecule has 50 valence electrons. The number of carbonyl (C=O) groups is 1. The summed E-state index contributed by atoms with van der Waals surface area (Å²) in [6.45, 7) is 1.60. The highest BCUT2D eigenvalue weighted by atomic mass is 16.1. The molecule has 0 spiro atoms. The molecule has 4 nitrogen and oxygen atoms in total. The van der Waals surface area contributed by atoms with Gasteiger partial charge in [0.05, 0.1) is 0 Å². The molecule has 0 unspecified atom stereocenters. The van der Waals surface area contributed by atoms with Crippen molar-refractivity contribution in [1.82, 2.24) is 14.8 Å². The van der Waals surface area contributed by atoms with Crippen LogP contribution in [0.4, 0.5) is 0 Å². The first kappa shape index (κ1) is 6.49. The van der Waals surface area contributed by atoms with Crippen LogP contribution in [0.3, 0.4) is 0 Å². The van der Waals surface area contributed by atoms with Crippen molar-refractivity contribution >= 4 is 5.91 Å². The maximum Gasteiger partial charge on any atom is 0.309 e. The minimum Gasteiger partial charge on any atom is -0.258 e. The van der Waals surface area contributed by atoms with Crippen molar-refractivity contribution in [2.75, 3.05) is 0 Å². The molecule has 0 N–H and O–H groups in total. The first-order valence-corrected chi connectivity index (χ1v) is 2.66. The van der Waals surface area contributed by atoms with Crippen molar-refractivity contribution in [3.63, 3.8) is 0 Å². The smallest absolute Gasteiger partial charge is 0.258 e. The van der Waals surface area contributed by atoms with Gasteiger partial charge in [-0.3, -0.25) is 4.79 Å². The van der Waals surface area contributed by atoms with Crippen molar-refractivity contribution in [1.29, 1.82) is 0 Å². The van der Waals surface area contributed by atoms with Gasteiger partial charge >= 0.3 is 5.91 Å². The van der Waals surface area contributed by atoms with Gasteiger partial charge < -0.3 is 0 Å². The van der Waals surface area contributed by atoms with Gasteiger partial charge in [0.2, 0.25) is 0 Å². The summed E-state index contributed by atoms with van der Waals surface area (Å²) in [5.74, 6) is 4.51. The normalized spacial score (nSPS) is 8.10. The Morgan fingerprint density at radius 2 is 2.10 bits per heavy atom. The summed E-state index contributed by atoms with van der Waals surface area (Å²) in [5.41, 5.74) is 0. The van der Waals surface area contributed by atoms with Crippen molar-refractivity contribution in [2.45, 2.75) is 6.92 Å². The zero-order valence-electron chi connectivity index (χ0n) is 5.40. The van der Waals surface area contributed by atoms with Crippen LogP contribution in [-0.2, 0) is 0 Å². The van der Waals surface area contributed by atoms with Gasteiger partial charge in [-0.25, -0.2) is 4.57 Å². The molecule has 0 saturated heterocycles. The summed E-state index contributed by atoms with van der Waals surface area (Å²) in [5, 5.41) is 6.90. The van der Waals surface area contributed by atoms with Gasteiger partial charge in [-0.1, -0.05) is 5.92 Å². The van der Waals surface area contributed by atoms with Crippen molar-refractivity contribution in [2.24, 2.45) is 0 Å². The lowest BCUT2D eigenvalue weighted by molar-refractivity contribution is 0.0979. The molecule has 0 fully saturated rings. The third kappa shape index (κ3) is 1.20. The van der Waals surface area contributed by atoms with E-state index in [1.807, 2.05) is 0 Å². The van der Waals surface area contributed by atoms with Crippen LogP contribution in [0, 0.1) is 11.8 Å². The average molecular weight is 135 g/mol. The molecule has 1 aromatic heterocycles. The second-order valence-corrected chi connectivity index (χ2v) is 1.55. The lowest BCUT2D eigenvalue weighted by atomic mass is 10.5. The number of hydrogen-bond acceptors (Lipinski definition) is 3. The SMILES string of the molecule is CC#CC(=O)n1cnnc1. The second-order valence-electron chi connectivity index (χ2n) is 1.55. The second kappa shape index (κ2) is 2.78. The fourth-order valence-corrected chi connectivity index (χ4v) is 0.477. The summed E-state index contributed by atoms with van der Waals surface area (Å²) in [6.07, 6.45) is 2.62. The van der Waals surface area contributed by atoms with E-state index in [0.29, 0.717) is 0 Å². The summed E-state index contributed by atoms with van der Waals surface area (Å²) < 4.78 is 1.22. The Morgan fingerprint density at radius 3 is 2.60 bits per heavy atom. The van der Waals surface area contributed by atoms with Gasteiger partial charge in [-0.2, -0.15) is 0 Å². The van der Waals surface area contributed by atoms with E-state index in [-0.39, 0.29) is 5.91 Å². The third-order valence-electron chi connectivity index (χ3n) is 0.885. The predicted octanol–water partition coefficient (Wildman–Crippen LogP) is -0.0584. The van der Waals surface area contributed by atoms with Crippen LogP contribution in [0.25, 0.3) is 0 Å². The lowest BCUT2D eigenvalue weighted by Gasteiger charge is -1.85. The number of aromatic nitrogens is 3. The van der Waals surface area contributed by atoms with Gasteiger partial charge in [0.15, 0.2) is 0 Å². The zero-order valence-corrected chi connectivity index (χ0v) is 5.40. The summed E-state index contributed by atoms with van der Waals surface area (Å²) in [6, 6.07) is 0. The van der Waals surface area contributed by atoms with Gasteiger partial charge in [0, 0.05) is 0 Å². The molecular weight excluding hydrogens is 130 g/mol. The van der Waals surface area contributed by atoms with Crippen molar-refractivity contribution < 1.29 is 4.79 Å². The highest BCUT2D eigenvalue weighted by Gasteiger charge is 1.96. The highest BCUT2D eigenvalue weighted by molar-refractivity contribution is 5.95. The van der Waals surface area contributed by atoms with E-state index < -0.39 is 0 Å². The molecule has 0 bridgehead atoms. The Hall–Kier alpha value is -1.63. The fraction of sp³-hybridized carbons (Fsp3) is 0.167. The molecule has 1 heterocycles. The van der Waals surface area contributed by atoms with Crippen LogP contribution < -0.4 is 0 Å². The first-order valence-electron chi connectivity index (χ1n) is 2.66. The molecule has 0 aliphatic carbocycles. The Kier molecular flexibility index (Phi) is 1.80. The molecule has 0 atom stereocenters. The van der Waals surface area contributed by atoms with E-state index in [0.717, 1.165) is 0 Å². The summed E-state index contributed by atoms with van der Waals surface area (Å²) >= 11 is 0. The van der Waals surface area contributed by atoms with Crippen LogP contribution in [0.1, 0.15) is 11.7 Å². The van der Waals surface area contributed by atoms with E-state index in [1.165, 1.54) is 17.2 Å². The topological polar surface area (TPSA) is 47.8 Å². The Bertz CT molecular complexity index is 278. The zero-order chi connectivity index (χ0) is 7.40. The minimum atomic E-state index is -0.312. The molecule has 0 saturated carbocycles. The van der Waals surface area contributed by atoms with E-state index in [1.54, 1.807) is 6.92 Å². The van der Waals surface area contributed by atoms with Gasteiger partial charge in [-0.15, -0.1) is 10.2 Å². The van der Waals surface area contributed by atoms with E-state index in [9.17, 15) is 4.79 Å².